The maximum absolute atomic E-state index is 12.5. The highest BCUT2D eigenvalue weighted by molar-refractivity contribution is 6.33. The van der Waals surface area contributed by atoms with Gasteiger partial charge in [0.15, 0.2) is 6.61 Å². The topological polar surface area (TPSA) is 88.6 Å². The molecule has 0 atom stereocenters. The van der Waals surface area contributed by atoms with Crippen molar-refractivity contribution in [2.75, 3.05) is 16.8 Å². The molecule has 3 amide bonds. The van der Waals surface area contributed by atoms with Crippen LogP contribution in [0.2, 0.25) is 0 Å². The van der Waals surface area contributed by atoms with Crippen LogP contribution in [0.25, 0.3) is 0 Å². The maximum Gasteiger partial charge on any atom is 0.284 e. The highest BCUT2D eigenvalue weighted by atomic mass is 16.5. The molecule has 1 aliphatic rings. The largest absolute Gasteiger partial charge is 0.484 e. The van der Waals surface area contributed by atoms with Crippen molar-refractivity contribution in [3.05, 3.63) is 84.2 Å². The molecule has 3 aromatic rings. The Morgan fingerprint density at radius 3 is 2.39 bits per heavy atom. The third-order valence-corrected chi connectivity index (χ3v) is 4.17. The molecule has 1 N–H and O–H groups in total. The van der Waals surface area contributed by atoms with E-state index in [0.717, 1.165) is 4.90 Å². The Hall–Kier alpha value is -4.00. The minimum Gasteiger partial charge on any atom is -0.484 e. The van der Waals surface area contributed by atoms with Gasteiger partial charge in [-0.25, -0.2) is 4.90 Å². The third kappa shape index (κ3) is 3.33. The number of fused-ring (bicyclic) bond motifs is 1. The Kier molecular flexibility index (Phi) is 4.55. The first kappa shape index (κ1) is 17.4. The van der Waals surface area contributed by atoms with Crippen molar-refractivity contribution >= 4 is 29.1 Å². The van der Waals surface area contributed by atoms with Crippen LogP contribution in [0.15, 0.2) is 72.9 Å². The van der Waals surface area contributed by atoms with E-state index in [9.17, 15) is 14.4 Å². The molecule has 4 rings (SSSR count). The molecule has 1 aromatic heterocycles. The molecule has 0 aliphatic carbocycles. The zero-order chi connectivity index (χ0) is 19.5. The smallest absolute Gasteiger partial charge is 0.284 e. The second kappa shape index (κ2) is 7.32. The number of nitrogens with one attached hydrogen (secondary N) is 1. The van der Waals surface area contributed by atoms with Gasteiger partial charge in [0.05, 0.1) is 11.3 Å². The molecule has 1 aliphatic heterocycles. The van der Waals surface area contributed by atoms with Crippen LogP contribution in [-0.4, -0.2) is 29.3 Å². The zero-order valence-electron chi connectivity index (χ0n) is 14.7. The summed E-state index contributed by atoms with van der Waals surface area (Å²) in [7, 11) is 0. The van der Waals surface area contributed by atoms with Gasteiger partial charge in [-0.15, -0.1) is 0 Å². The van der Waals surface area contributed by atoms with Gasteiger partial charge in [0.2, 0.25) is 0 Å². The quantitative estimate of drug-likeness (QED) is 0.695. The lowest BCUT2D eigenvalue weighted by atomic mass is 10.2. The van der Waals surface area contributed by atoms with E-state index in [4.69, 9.17) is 4.74 Å². The van der Waals surface area contributed by atoms with Gasteiger partial charge in [-0.1, -0.05) is 18.2 Å². The number of carbonyl (C=O) groups excluding carboxylic acids is 3. The van der Waals surface area contributed by atoms with E-state index in [1.165, 1.54) is 6.20 Å². The molecule has 0 fully saturated rings. The van der Waals surface area contributed by atoms with E-state index in [0.29, 0.717) is 17.1 Å². The SMILES string of the molecule is O=C(COc1ccccc1)Nc1ccc(N2C(=O)c3cccnc3C2=O)cc1. The predicted octanol–water partition coefficient (Wildman–Crippen LogP) is 2.90. The first-order chi connectivity index (χ1) is 13.6. The molecular formula is C21H15N3O4. The second-order valence-electron chi connectivity index (χ2n) is 6.04. The highest BCUT2D eigenvalue weighted by Gasteiger charge is 2.37. The number of anilines is 2. The Morgan fingerprint density at radius 1 is 0.929 bits per heavy atom. The van der Waals surface area contributed by atoms with Crippen LogP contribution < -0.4 is 15.0 Å². The summed E-state index contributed by atoms with van der Waals surface area (Å²) in [6, 6.07) is 18.6. The number of para-hydroxylation sites is 1. The Balaban J connectivity index is 1.41. The van der Waals surface area contributed by atoms with Crippen molar-refractivity contribution in [3.63, 3.8) is 0 Å². The van der Waals surface area contributed by atoms with Gasteiger partial charge in [-0.05, 0) is 48.5 Å². The van der Waals surface area contributed by atoms with Crippen molar-refractivity contribution in [1.29, 1.82) is 0 Å². The molecule has 138 valence electrons. The van der Waals surface area contributed by atoms with Crippen LogP contribution >= 0.6 is 0 Å². The predicted molar refractivity (Wildman–Crippen MR) is 102 cm³/mol. The van der Waals surface area contributed by atoms with Crippen molar-refractivity contribution in [2.45, 2.75) is 0 Å². The Bertz CT molecular complexity index is 1010. The lowest BCUT2D eigenvalue weighted by molar-refractivity contribution is -0.118. The summed E-state index contributed by atoms with van der Waals surface area (Å²) in [4.78, 5) is 42.0. The second-order valence-corrected chi connectivity index (χ2v) is 6.04. The van der Waals surface area contributed by atoms with E-state index >= 15 is 0 Å². The van der Waals surface area contributed by atoms with Gasteiger partial charge >= 0.3 is 0 Å². The lowest BCUT2D eigenvalue weighted by Gasteiger charge is -2.14. The number of carbonyl (C=O) groups is 3. The number of ether oxygens (including phenoxy) is 1. The van der Waals surface area contributed by atoms with Gasteiger partial charge in [0.1, 0.15) is 11.4 Å². The molecular weight excluding hydrogens is 358 g/mol. The Morgan fingerprint density at radius 2 is 1.68 bits per heavy atom. The third-order valence-electron chi connectivity index (χ3n) is 4.17. The summed E-state index contributed by atoms with van der Waals surface area (Å²) in [5, 5.41) is 2.70. The number of imide groups is 1. The molecule has 0 spiro atoms. The number of nitrogens with zero attached hydrogens (tertiary/aromatic N) is 2. The van der Waals surface area contributed by atoms with Crippen molar-refractivity contribution in [3.8, 4) is 5.75 Å². The minimum absolute atomic E-state index is 0.129. The van der Waals surface area contributed by atoms with E-state index in [-0.39, 0.29) is 23.8 Å². The van der Waals surface area contributed by atoms with Gasteiger partial charge < -0.3 is 10.1 Å². The molecule has 2 heterocycles. The van der Waals surface area contributed by atoms with E-state index in [2.05, 4.69) is 10.3 Å². The van der Waals surface area contributed by atoms with Crippen LogP contribution in [0.5, 0.6) is 5.75 Å². The normalized spacial score (nSPS) is 12.6. The highest BCUT2D eigenvalue weighted by Crippen LogP contribution is 2.27. The number of hydrogen-bond donors (Lipinski definition) is 1. The molecule has 0 unspecified atom stereocenters. The molecule has 0 saturated heterocycles. The average Bonchev–Trinajstić information content (AvgIpc) is 2.99. The van der Waals surface area contributed by atoms with Gasteiger partial charge in [0.25, 0.3) is 17.7 Å². The summed E-state index contributed by atoms with van der Waals surface area (Å²) in [5.74, 6) is -0.594. The molecule has 7 heteroatoms. The van der Waals surface area contributed by atoms with Gasteiger partial charge in [-0.3, -0.25) is 19.4 Å². The molecule has 28 heavy (non-hydrogen) atoms. The summed E-state index contributed by atoms with van der Waals surface area (Å²) in [6.07, 6.45) is 1.48. The fraction of sp³-hybridized carbons (Fsp3) is 0.0476. The van der Waals surface area contributed by atoms with Crippen LogP contribution in [0.3, 0.4) is 0 Å². The number of pyridine rings is 1. The Labute approximate surface area is 160 Å². The number of rotatable bonds is 5. The molecule has 0 bridgehead atoms. The summed E-state index contributed by atoms with van der Waals surface area (Å²) < 4.78 is 5.39. The summed E-state index contributed by atoms with van der Waals surface area (Å²) >= 11 is 0. The lowest BCUT2D eigenvalue weighted by Crippen LogP contribution is -2.29. The first-order valence-electron chi connectivity index (χ1n) is 8.55. The first-order valence-corrected chi connectivity index (χ1v) is 8.55. The van der Waals surface area contributed by atoms with Gasteiger partial charge in [-0.2, -0.15) is 0 Å². The summed E-state index contributed by atoms with van der Waals surface area (Å²) in [6.45, 7) is -0.129. The van der Waals surface area contributed by atoms with Gasteiger partial charge in [0, 0.05) is 11.9 Å². The number of benzene rings is 2. The van der Waals surface area contributed by atoms with E-state index < -0.39 is 11.8 Å². The average molecular weight is 373 g/mol. The maximum atomic E-state index is 12.5. The molecule has 0 saturated carbocycles. The van der Waals surface area contributed by atoms with Crippen molar-refractivity contribution in [2.24, 2.45) is 0 Å². The molecule has 7 nitrogen and oxygen atoms in total. The van der Waals surface area contributed by atoms with Crippen LogP contribution in [0.4, 0.5) is 11.4 Å². The monoisotopic (exact) mass is 373 g/mol. The number of hydrogen-bond acceptors (Lipinski definition) is 5. The fourth-order valence-electron chi connectivity index (χ4n) is 2.86. The van der Waals surface area contributed by atoms with Crippen LogP contribution in [0, 0.1) is 0 Å². The van der Waals surface area contributed by atoms with Crippen molar-refractivity contribution < 1.29 is 19.1 Å². The zero-order valence-corrected chi connectivity index (χ0v) is 14.7. The fourth-order valence-corrected chi connectivity index (χ4v) is 2.86. The van der Waals surface area contributed by atoms with E-state index in [1.54, 1.807) is 48.5 Å². The van der Waals surface area contributed by atoms with Crippen LogP contribution in [-0.2, 0) is 4.79 Å². The molecule has 0 radical (unpaired) electrons. The van der Waals surface area contributed by atoms with Crippen molar-refractivity contribution in [1.82, 2.24) is 4.98 Å². The number of aromatic nitrogens is 1. The van der Waals surface area contributed by atoms with E-state index in [1.807, 2.05) is 18.2 Å². The summed E-state index contributed by atoms with van der Waals surface area (Å²) in [5.41, 5.74) is 1.36. The molecule has 2 aromatic carbocycles. The minimum atomic E-state index is -0.464. The van der Waals surface area contributed by atoms with Crippen LogP contribution in [0.1, 0.15) is 20.8 Å². The standard InChI is InChI=1S/C21H15N3O4/c25-18(13-28-16-5-2-1-3-6-16)23-14-8-10-15(11-9-14)24-20(26)17-7-4-12-22-19(17)21(24)27/h1-12H,13H2,(H,23,25). The number of amides is 3.